The van der Waals surface area contributed by atoms with Crippen LogP contribution >= 0.6 is 24.8 Å². The van der Waals surface area contributed by atoms with Gasteiger partial charge in [-0.25, -0.2) is 0 Å². The van der Waals surface area contributed by atoms with Crippen molar-refractivity contribution in [2.45, 2.75) is 33.2 Å². The van der Waals surface area contributed by atoms with Crippen molar-refractivity contribution in [3.05, 3.63) is 36.2 Å². The molecule has 29 heavy (non-hydrogen) atoms. The van der Waals surface area contributed by atoms with Crippen LogP contribution < -0.4 is 5.73 Å². The highest BCUT2D eigenvalue weighted by atomic mass is 35.5. The molecule has 162 valence electrons. The number of carbonyl (C=O) groups excluding carboxylic acids is 1. The van der Waals surface area contributed by atoms with Crippen molar-refractivity contribution in [1.29, 1.82) is 0 Å². The Labute approximate surface area is 184 Å². The normalized spacial score (nSPS) is 14.8. The molecule has 0 bridgehead atoms. The number of hydrogen-bond acceptors (Lipinski definition) is 6. The molecule has 1 saturated heterocycles. The molecule has 2 N–H and O–H groups in total. The van der Waals surface area contributed by atoms with Crippen molar-refractivity contribution in [3.8, 4) is 5.69 Å². The van der Waals surface area contributed by atoms with Crippen LogP contribution in [0.1, 0.15) is 32.5 Å². The third-order valence-corrected chi connectivity index (χ3v) is 5.76. The summed E-state index contributed by atoms with van der Waals surface area (Å²) < 4.78 is 1.77. The van der Waals surface area contributed by atoms with Gasteiger partial charge in [0.25, 0.3) is 0 Å². The Balaban J connectivity index is 0.00000210. The lowest BCUT2D eigenvalue weighted by atomic mass is 9.81. The van der Waals surface area contributed by atoms with Crippen LogP contribution in [-0.4, -0.2) is 68.6 Å². The molecule has 8 nitrogen and oxygen atoms in total. The predicted molar refractivity (Wildman–Crippen MR) is 118 cm³/mol. The number of aromatic nitrogens is 4. The Morgan fingerprint density at radius 2 is 1.69 bits per heavy atom. The van der Waals surface area contributed by atoms with Crippen molar-refractivity contribution in [3.63, 3.8) is 0 Å². The summed E-state index contributed by atoms with van der Waals surface area (Å²) in [6.45, 7) is 8.21. The van der Waals surface area contributed by atoms with E-state index in [4.69, 9.17) is 5.73 Å². The fourth-order valence-corrected chi connectivity index (χ4v) is 3.65. The third-order valence-electron chi connectivity index (χ3n) is 5.76. The number of hydrogen-bond donors (Lipinski definition) is 1. The second kappa shape index (κ2) is 11.4. The number of nitrogens with two attached hydrogens (primary N) is 1. The lowest BCUT2D eigenvalue weighted by Crippen LogP contribution is -2.54. The van der Waals surface area contributed by atoms with Gasteiger partial charge in [0, 0.05) is 32.7 Å². The van der Waals surface area contributed by atoms with E-state index < -0.39 is 5.41 Å². The topological polar surface area (TPSA) is 93.2 Å². The summed E-state index contributed by atoms with van der Waals surface area (Å²) in [6, 6.07) is 9.88. The predicted octanol–water partition coefficient (Wildman–Crippen LogP) is 1.92. The van der Waals surface area contributed by atoms with Crippen LogP contribution in [0.5, 0.6) is 0 Å². The number of amides is 1. The van der Waals surface area contributed by atoms with Crippen LogP contribution in [0.15, 0.2) is 30.3 Å². The Bertz CT molecular complexity index is 736. The van der Waals surface area contributed by atoms with E-state index >= 15 is 0 Å². The summed E-state index contributed by atoms with van der Waals surface area (Å²) in [7, 11) is 0. The molecule has 0 radical (unpaired) electrons. The maximum atomic E-state index is 13.0. The Hall–Kier alpha value is -1.74. The fourth-order valence-electron chi connectivity index (χ4n) is 3.65. The number of rotatable bonds is 7. The fraction of sp³-hybridized carbons (Fsp3) is 0.579. The zero-order valence-corrected chi connectivity index (χ0v) is 18.7. The summed E-state index contributed by atoms with van der Waals surface area (Å²) in [4.78, 5) is 17.2. The van der Waals surface area contributed by atoms with Gasteiger partial charge in [0.05, 0.1) is 17.6 Å². The van der Waals surface area contributed by atoms with E-state index in [0.717, 1.165) is 37.4 Å². The number of tetrazole rings is 1. The van der Waals surface area contributed by atoms with Gasteiger partial charge in [-0.15, -0.1) is 29.9 Å². The Kier molecular flexibility index (Phi) is 9.98. The quantitative estimate of drug-likeness (QED) is 0.702. The van der Waals surface area contributed by atoms with E-state index in [1.807, 2.05) is 49.1 Å². The zero-order chi connectivity index (χ0) is 19.3. The van der Waals surface area contributed by atoms with Gasteiger partial charge in [-0.1, -0.05) is 32.0 Å². The average molecular weight is 444 g/mol. The number of piperazine rings is 1. The molecular weight excluding hydrogens is 413 g/mol. The molecule has 1 aromatic heterocycles. The first-order valence-electron chi connectivity index (χ1n) is 9.68. The van der Waals surface area contributed by atoms with Crippen LogP contribution in [0.2, 0.25) is 0 Å². The highest BCUT2D eigenvalue weighted by Gasteiger charge is 2.37. The van der Waals surface area contributed by atoms with Gasteiger partial charge < -0.3 is 10.6 Å². The Morgan fingerprint density at radius 1 is 1.07 bits per heavy atom. The molecule has 0 aliphatic carbocycles. The second-order valence-electron chi connectivity index (χ2n) is 7.10. The molecule has 2 aromatic rings. The number of benzene rings is 1. The molecule has 3 rings (SSSR count). The summed E-state index contributed by atoms with van der Waals surface area (Å²) >= 11 is 0. The van der Waals surface area contributed by atoms with E-state index in [0.29, 0.717) is 26.2 Å². The standard InChI is InChI=1S/C19H29N7O.2ClH/c1-3-19(4-2,15-20)18(27)25-12-10-24(11-13-25)14-17-21-22-23-26(17)16-8-6-5-7-9-16;;/h5-9H,3-4,10-15,20H2,1-2H3;2*1H. The first-order chi connectivity index (χ1) is 13.1. The smallest absolute Gasteiger partial charge is 0.230 e. The van der Waals surface area contributed by atoms with Gasteiger partial charge in [-0.3, -0.25) is 9.69 Å². The van der Waals surface area contributed by atoms with Crippen molar-refractivity contribution < 1.29 is 4.79 Å². The average Bonchev–Trinajstić information content (AvgIpc) is 3.19. The minimum absolute atomic E-state index is 0. The van der Waals surface area contributed by atoms with Crippen LogP contribution in [0.3, 0.4) is 0 Å². The Morgan fingerprint density at radius 3 is 2.24 bits per heavy atom. The maximum absolute atomic E-state index is 13.0. The number of nitrogens with zero attached hydrogens (tertiary/aromatic N) is 6. The molecule has 1 aliphatic rings. The maximum Gasteiger partial charge on any atom is 0.230 e. The van der Waals surface area contributed by atoms with Crippen LogP contribution in [0, 0.1) is 5.41 Å². The monoisotopic (exact) mass is 443 g/mol. The molecular formula is C19H31Cl2N7O. The van der Waals surface area contributed by atoms with Gasteiger partial charge in [-0.2, -0.15) is 4.68 Å². The summed E-state index contributed by atoms with van der Waals surface area (Å²) in [5.41, 5.74) is 6.48. The largest absolute Gasteiger partial charge is 0.340 e. The molecule has 1 fully saturated rings. The highest BCUT2D eigenvalue weighted by Crippen LogP contribution is 2.28. The molecule has 0 unspecified atom stereocenters. The first kappa shape index (κ1) is 25.3. The van der Waals surface area contributed by atoms with Crippen LogP contribution in [0.25, 0.3) is 5.69 Å². The van der Waals surface area contributed by atoms with Crippen LogP contribution in [-0.2, 0) is 11.3 Å². The molecule has 1 aromatic carbocycles. The van der Waals surface area contributed by atoms with Gasteiger partial charge in [-0.05, 0) is 35.4 Å². The zero-order valence-electron chi connectivity index (χ0n) is 17.0. The molecule has 1 amide bonds. The number of carbonyl (C=O) groups is 1. The summed E-state index contributed by atoms with van der Waals surface area (Å²) in [6.07, 6.45) is 1.57. The minimum Gasteiger partial charge on any atom is -0.340 e. The summed E-state index contributed by atoms with van der Waals surface area (Å²) in [5, 5.41) is 12.1. The minimum atomic E-state index is -0.417. The van der Waals surface area contributed by atoms with E-state index in [1.165, 1.54) is 0 Å². The molecule has 2 heterocycles. The number of halogens is 2. The van der Waals surface area contributed by atoms with E-state index in [9.17, 15) is 4.79 Å². The van der Waals surface area contributed by atoms with Gasteiger partial charge >= 0.3 is 0 Å². The molecule has 1 aliphatic heterocycles. The van der Waals surface area contributed by atoms with Crippen molar-refractivity contribution >= 4 is 30.7 Å². The van der Waals surface area contributed by atoms with Crippen molar-refractivity contribution in [2.24, 2.45) is 11.1 Å². The van der Waals surface area contributed by atoms with Gasteiger partial charge in [0.1, 0.15) is 0 Å². The first-order valence-corrected chi connectivity index (χ1v) is 9.68. The lowest BCUT2D eigenvalue weighted by molar-refractivity contribution is -0.144. The van der Waals surface area contributed by atoms with Crippen LogP contribution in [0.4, 0.5) is 0 Å². The lowest BCUT2D eigenvalue weighted by Gasteiger charge is -2.40. The highest BCUT2D eigenvalue weighted by molar-refractivity contribution is 5.85. The van der Waals surface area contributed by atoms with E-state index in [2.05, 4.69) is 20.4 Å². The molecule has 0 saturated carbocycles. The summed E-state index contributed by atoms with van der Waals surface area (Å²) in [5.74, 6) is 1.00. The van der Waals surface area contributed by atoms with Crippen molar-refractivity contribution in [1.82, 2.24) is 30.0 Å². The molecule has 0 atom stereocenters. The third kappa shape index (κ3) is 5.45. The van der Waals surface area contributed by atoms with Gasteiger partial charge in [0.15, 0.2) is 5.82 Å². The molecule has 10 heteroatoms. The number of para-hydroxylation sites is 1. The molecule has 0 spiro atoms. The second-order valence-corrected chi connectivity index (χ2v) is 7.10. The van der Waals surface area contributed by atoms with Gasteiger partial charge in [0.2, 0.25) is 5.91 Å². The SMILES string of the molecule is CCC(CC)(CN)C(=O)N1CCN(Cc2nnnn2-c2ccccc2)CC1.Cl.Cl. The van der Waals surface area contributed by atoms with E-state index in [-0.39, 0.29) is 30.7 Å². The van der Waals surface area contributed by atoms with E-state index in [1.54, 1.807) is 4.68 Å². The van der Waals surface area contributed by atoms with Crippen molar-refractivity contribution in [2.75, 3.05) is 32.7 Å².